The van der Waals surface area contributed by atoms with Gasteiger partial charge in [-0.1, -0.05) is 31.2 Å². The third-order valence-electron chi connectivity index (χ3n) is 7.09. The van der Waals surface area contributed by atoms with Crippen LogP contribution in [0.25, 0.3) is 0 Å². The van der Waals surface area contributed by atoms with Crippen LogP contribution in [0.1, 0.15) is 48.5 Å². The number of carbonyl (C=O) groups excluding carboxylic acids is 1. The van der Waals surface area contributed by atoms with Gasteiger partial charge in [0.15, 0.2) is 0 Å². The summed E-state index contributed by atoms with van der Waals surface area (Å²) in [6.45, 7) is 5.68. The molecule has 0 unspecified atom stereocenters. The Morgan fingerprint density at radius 3 is 2.41 bits per heavy atom. The minimum Gasteiger partial charge on any atom is -0.333 e. The van der Waals surface area contributed by atoms with E-state index < -0.39 is 10.0 Å². The number of hydrogen-bond donors (Lipinski definition) is 0. The summed E-state index contributed by atoms with van der Waals surface area (Å²) in [5.74, 6) is -0.0266. The number of anilines is 1. The Bertz CT molecular complexity index is 1100. The molecule has 2 aromatic carbocycles. The van der Waals surface area contributed by atoms with E-state index in [2.05, 4.69) is 16.7 Å². The molecule has 1 aliphatic carbocycles. The zero-order valence-corrected chi connectivity index (χ0v) is 19.4. The molecular formula is C25H31N3O3S. The summed E-state index contributed by atoms with van der Waals surface area (Å²) in [7, 11) is -3.72. The second-order valence-electron chi connectivity index (χ2n) is 9.09. The van der Waals surface area contributed by atoms with E-state index in [-0.39, 0.29) is 16.8 Å². The van der Waals surface area contributed by atoms with Gasteiger partial charge in [0.2, 0.25) is 0 Å². The van der Waals surface area contributed by atoms with Crippen molar-refractivity contribution in [1.29, 1.82) is 0 Å². The number of amides is 1. The van der Waals surface area contributed by atoms with Crippen LogP contribution in [0.2, 0.25) is 0 Å². The molecule has 2 heterocycles. The molecular weight excluding hydrogens is 422 g/mol. The average Bonchev–Trinajstić information content (AvgIpc) is 3.56. The smallest absolute Gasteiger partial charge is 0.264 e. The standard InChI is InChI=1S/C25H31N3O3S/c1-2-26-15-13-22(14-16-26)28(21-10-11-21)25(29)20-7-5-8-23(18-20)32(30,31)27-17-12-19-6-3-4-9-24(19)27/h3-9,18,21-22H,2,10-17H2,1H3. The van der Waals surface area contributed by atoms with Gasteiger partial charge in [-0.3, -0.25) is 9.10 Å². The fourth-order valence-electron chi connectivity index (χ4n) is 5.12. The molecule has 1 amide bonds. The minimum absolute atomic E-state index is 0.0266. The van der Waals surface area contributed by atoms with Crippen molar-refractivity contribution in [3.8, 4) is 0 Å². The maximum Gasteiger partial charge on any atom is 0.264 e. The molecule has 0 bridgehead atoms. The first-order chi connectivity index (χ1) is 15.5. The number of sulfonamides is 1. The highest BCUT2D eigenvalue weighted by atomic mass is 32.2. The molecule has 1 saturated heterocycles. The third kappa shape index (κ3) is 3.92. The second-order valence-corrected chi connectivity index (χ2v) is 11.0. The monoisotopic (exact) mass is 453 g/mol. The highest BCUT2D eigenvalue weighted by molar-refractivity contribution is 7.92. The fraction of sp³-hybridized carbons (Fsp3) is 0.480. The molecule has 170 valence electrons. The number of piperidine rings is 1. The summed E-state index contributed by atoms with van der Waals surface area (Å²) in [5, 5.41) is 0. The van der Waals surface area contributed by atoms with Crippen molar-refractivity contribution in [2.45, 2.75) is 56.0 Å². The van der Waals surface area contributed by atoms with Gasteiger partial charge in [0.05, 0.1) is 10.6 Å². The molecule has 32 heavy (non-hydrogen) atoms. The normalized spacial score (nSPS) is 19.7. The lowest BCUT2D eigenvalue weighted by atomic mass is 10.0. The van der Waals surface area contributed by atoms with E-state index in [0.29, 0.717) is 24.6 Å². The minimum atomic E-state index is -3.72. The van der Waals surface area contributed by atoms with Gasteiger partial charge in [0.25, 0.3) is 15.9 Å². The highest BCUT2D eigenvalue weighted by Gasteiger charge is 2.39. The van der Waals surface area contributed by atoms with Crippen LogP contribution in [0.3, 0.4) is 0 Å². The lowest BCUT2D eigenvalue weighted by Gasteiger charge is -2.38. The molecule has 0 spiro atoms. The molecule has 2 aliphatic heterocycles. The van der Waals surface area contributed by atoms with E-state index in [1.165, 1.54) is 4.31 Å². The largest absolute Gasteiger partial charge is 0.333 e. The van der Waals surface area contributed by atoms with Gasteiger partial charge < -0.3 is 9.80 Å². The Morgan fingerprint density at radius 2 is 1.69 bits per heavy atom. The van der Waals surface area contributed by atoms with Crippen LogP contribution in [0.5, 0.6) is 0 Å². The van der Waals surface area contributed by atoms with Crippen LogP contribution in [0.15, 0.2) is 53.4 Å². The van der Waals surface area contributed by atoms with Gasteiger partial charge in [-0.15, -0.1) is 0 Å². The molecule has 0 atom stereocenters. The van der Waals surface area contributed by atoms with Crippen molar-refractivity contribution in [2.75, 3.05) is 30.5 Å². The van der Waals surface area contributed by atoms with Crippen molar-refractivity contribution in [1.82, 2.24) is 9.80 Å². The summed E-state index contributed by atoms with van der Waals surface area (Å²) in [6.07, 6.45) is 4.77. The Morgan fingerprint density at radius 1 is 0.969 bits per heavy atom. The number of benzene rings is 2. The van der Waals surface area contributed by atoms with Crippen molar-refractivity contribution in [3.05, 3.63) is 59.7 Å². The van der Waals surface area contributed by atoms with Crippen LogP contribution in [-0.4, -0.2) is 62.4 Å². The number of likely N-dealkylation sites (tertiary alicyclic amines) is 1. The average molecular weight is 454 g/mol. The quantitative estimate of drug-likeness (QED) is 0.671. The summed E-state index contributed by atoms with van der Waals surface area (Å²) >= 11 is 0. The molecule has 5 rings (SSSR count). The Labute approximate surface area is 190 Å². The predicted octanol–water partition coefficient (Wildman–Crippen LogP) is 3.53. The number of rotatable bonds is 6. The first-order valence-electron chi connectivity index (χ1n) is 11.7. The molecule has 2 fully saturated rings. The van der Waals surface area contributed by atoms with Crippen LogP contribution in [0.4, 0.5) is 5.69 Å². The molecule has 7 heteroatoms. The van der Waals surface area contributed by atoms with Gasteiger partial charge in [-0.25, -0.2) is 8.42 Å². The molecule has 3 aliphatic rings. The maximum absolute atomic E-state index is 13.6. The predicted molar refractivity (Wildman–Crippen MR) is 125 cm³/mol. The van der Waals surface area contributed by atoms with Gasteiger partial charge in [0.1, 0.15) is 0 Å². The summed E-state index contributed by atoms with van der Waals surface area (Å²) in [6, 6.07) is 14.8. The first-order valence-corrected chi connectivity index (χ1v) is 13.2. The first kappa shape index (κ1) is 21.5. The fourth-order valence-corrected chi connectivity index (χ4v) is 6.67. The van der Waals surface area contributed by atoms with Crippen LogP contribution < -0.4 is 4.31 Å². The van der Waals surface area contributed by atoms with Crippen LogP contribution in [0, 0.1) is 0 Å². The Kier molecular flexibility index (Phi) is 5.72. The number of hydrogen-bond acceptors (Lipinski definition) is 4. The SMILES string of the molecule is CCN1CCC(N(C(=O)c2cccc(S(=O)(=O)N3CCc4ccccc43)c2)C2CC2)CC1. The zero-order valence-electron chi connectivity index (χ0n) is 18.6. The van der Waals surface area contributed by atoms with Gasteiger partial charge in [0, 0.05) is 37.3 Å². The molecule has 6 nitrogen and oxygen atoms in total. The Hall–Kier alpha value is -2.38. The molecule has 2 aromatic rings. The van der Waals surface area contributed by atoms with E-state index in [9.17, 15) is 13.2 Å². The number of carbonyl (C=O) groups is 1. The van der Waals surface area contributed by atoms with Crippen LogP contribution in [-0.2, 0) is 16.4 Å². The lowest BCUT2D eigenvalue weighted by Crippen LogP contribution is -2.48. The van der Waals surface area contributed by atoms with Crippen molar-refractivity contribution < 1.29 is 13.2 Å². The maximum atomic E-state index is 13.6. The Balaban J connectivity index is 1.40. The van der Waals surface area contributed by atoms with E-state index in [1.807, 2.05) is 24.3 Å². The number of fused-ring (bicyclic) bond motifs is 1. The van der Waals surface area contributed by atoms with Gasteiger partial charge in [-0.2, -0.15) is 0 Å². The summed E-state index contributed by atoms with van der Waals surface area (Å²) < 4.78 is 28.4. The molecule has 1 saturated carbocycles. The van der Waals surface area contributed by atoms with Crippen molar-refractivity contribution >= 4 is 21.6 Å². The van der Waals surface area contributed by atoms with Gasteiger partial charge >= 0.3 is 0 Å². The van der Waals surface area contributed by atoms with Gasteiger partial charge in [-0.05, 0) is 68.5 Å². The second kappa shape index (κ2) is 8.52. The molecule has 0 N–H and O–H groups in total. The topological polar surface area (TPSA) is 60.9 Å². The number of para-hydroxylation sites is 1. The highest BCUT2D eigenvalue weighted by Crippen LogP contribution is 2.35. The zero-order chi connectivity index (χ0) is 22.3. The third-order valence-corrected chi connectivity index (χ3v) is 8.90. The van der Waals surface area contributed by atoms with Crippen molar-refractivity contribution in [2.24, 2.45) is 0 Å². The molecule has 0 aromatic heterocycles. The van der Waals surface area contributed by atoms with E-state index in [4.69, 9.17) is 0 Å². The summed E-state index contributed by atoms with van der Waals surface area (Å²) in [4.78, 5) is 18.3. The van der Waals surface area contributed by atoms with Crippen LogP contribution >= 0.6 is 0 Å². The summed E-state index contributed by atoms with van der Waals surface area (Å²) in [5.41, 5.74) is 2.26. The van der Waals surface area contributed by atoms with E-state index >= 15 is 0 Å². The lowest BCUT2D eigenvalue weighted by molar-refractivity contribution is 0.0554. The van der Waals surface area contributed by atoms with E-state index in [0.717, 1.165) is 56.6 Å². The van der Waals surface area contributed by atoms with E-state index in [1.54, 1.807) is 24.3 Å². The molecule has 0 radical (unpaired) electrons. The number of nitrogens with zero attached hydrogens (tertiary/aromatic N) is 3. The van der Waals surface area contributed by atoms with Crippen molar-refractivity contribution in [3.63, 3.8) is 0 Å².